The van der Waals surface area contributed by atoms with Crippen LogP contribution in [0, 0.1) is 6.92 Å². The zero-order chi connectivity index (χ0) is 12.3. The molecule has 0 saturated carbocycles. The summed E-state index contributed by atoms with van der Waals surface area (Å²) in [4.78, 5) is 18.1. The number of nitrogens with zero attached hydrogens (tertiary/aromatic N) is 3. The number of hydrogen-bond donors (Lipinski definition) is 1. The fourth-order valence-corrected chi connectivity index (χ4v) is 2.27. The second-order valence-electron chi connectivity index (χ2n) is 3.78. The van der Waals surface area contributed by atoms with Crippen LogP contribution in [0.25, 0.3) is 0 Å². The van der Waals surface area contributed by atoms with E-state index >= 15 is 0 Å². The van der Waals surface area contributed by atoms with E-state index in [4.69, 9.17) is 0 Å². The van der Waals surface area contributed by atoms with Gasteiger partial charge >= 0.3 is 0 Å². The molecule has 5 nitrogen and oxygen atoms in total. The molecule has 0 radical (unpaired) electrons. The van der Waals surface area contributed by atoms with Crippen molar-refractivity contribution in [3.05, 3.63) is 34.5 Å². The van der Waals surface area contributed by atoms with Crippen molar-refractivity contribution in [1.82, 2.24) is 20.1 Å². The van der Waals surface area contributed by atoms with Gasteiger partial charge in [-0.2, -0.15) is 5.10 Å². The minimum atomic E-state index is -0.335. The van der Waals surface area contributed by atoms with Crippen molar-refractivity contribution >= 4 is 17.2 Å². The highest BCUT2D eigenvalue weighted by atomic mass is 32.1. The molecule has 17 heavy (non-hydrogen) atoms. The molecule has 1 N–H and O–H groups in total. The van der Waals surface area contributed by atoms with E-state index in [0.717, 1.165) is 4.88 Å². The van der Waals surface area contributed by atoms with Gasteiger partial charge in [0.25, 0.3) is 0 Å². The molecule has 0 fully saturated rings. The summed E-state index contributed by atoms with van der Waals surface area (Å²) in [7, 11) is 0. The lowest BCUT2D eigenvalue weighted by atomic mass is 10.3. The molecular formula is C11H14N4OS. The van der Waals surface area contributed by atoms with Crippen LogP contribution in [0.5, 0.6) is 0 Å². The van der Waals surface area contributed by atoms with Gasteiger partial charge in [-0.25, -0.2) is 9.67 Å². The maximum Gasteiger partial charge on any atom is 0.244 e. The Hall–Kier alpha value is -1.69. The minimum Gasteiger partial charge on any atom is -0.349 e. The molecule has 0 aliphatic heterocycles. The number of aryl methyl sites for hydroxylation is 1. The van der Waals surface area contributed by atoms with Crippen LogP contribution in [-0.2, 0) is 11.3 Å². The Labute approximate surface area is 103 Å². The van der Waals surface area contributed by atoms with Crippen LogP contribution in [-0.4, -0.2) is 20.7 Å². The van der Waals surface area contributed by atoms with Crippen molar-refractivity contribution in [2.75, 3.05) is 0 Å². The zero-order valence-corrected chi connectivity index (χ0v) is 10.6. The quantitative estimate of drug-likeness (QED) is 0.895. The summed E-state index contributed by atoms with van der Waals surface area (Å²) in [6.07, 6.45) is 2.96. The summed E-state index contributed by atoms with van der Waals surface area (Å²) < 4.78 is 1.54. The van der Waals surface area contributed by atoms with Gasteiger partial charge in [0.2, 0.25) is 5.91 Å². The Morgan fingerprint density at radius 1 is 1.59 bits per heavy atom. The molecule has 90 valence electrons. The molecule has 2 heterocycles. The number of carbonyl (C=O) groups excluding carboxylic acids is 1. The van der Waals surface area contributed by atoms with Crippen molar-refractivity contribution in [2.45, 2.75) is 26.4 Å². The van der Waals surface area contributed by atoms with E-state index in [9.17, 15) is 4.79 Å². The average Bonchev–Trinajstić information content (AvgIpc) is 2.95. The minimum absolute atomic E-state index is 0.0541. The first-order valence-electron chi connectivity index (χ1n) is 5.34. The van der Waals surface area contributed by atoms with Crippen LogP contribution >= 0.6 is 11.3 Å². The van der Waals surface area contributed by atoms with E-state index in [2.05, 4.69) is 15.4 Å². The molecule has 0 aliphatic rings. The van der Waals surface area contributed by atoms with Crippen LogP contribution in [0.4, 0.5) is 0 Å². The fourth-order valence-electron chi connectivity index (χ4n) is 1.44. The predicted molar refractivity (Wildman–Crippen MR) is 65.6 cm³/mol. The van der Waals surface area contributed by atoms with Gasteiger partial charge in [0.1, 0.15) is 18.7 Å². The first-order chi connectivity index (χ1) is 8.16. The molecular weight excluding hydrogens is 236 g/mol. The Kier molecular flexibility index (Phi) is 3.53. The Morgan fingerprint density at radius 2 is 2.41 bits per heavy atom. The molecule has 1 amide bonds. The standard InChI is InChI=1S/C11H14N4OS/c1-8-3-4-10(17-8)5-13-11(16)9(2)15-7-12-6-14-15/h3-4,6-7,9H,5H2,1-2H3,(H,13,16)/t9-/m1/s1. The van der Waals surface area contributed by atoms with Gasteiger partial charge in [-0.05, 0) is 26.0 Å². The van der Waals surface area contributed by atoms with Gasteiger partial charge < -0.3 is 5.32 Å². The highest BCUT2D eigenvalue weighted by molar-refractivity contribution is 7.11. The third kappa shape index (κ3) is 2.91. The second-order valence-corrected chi connectivity index (χ2v) is 5.15. The SMILES string of the molecule is Cc1ccc(CNC(=O)[C@@H](C)n2cncn2)s1. The molecule has 0 aliphatic carbocycles. The predicted octanol–water partition coefficient (Wildman–Crippen LogP) is 1.53. The summed E-state index contributed by atoms with van der Waals surface area (Å²) in [6, 6.07) is 3.74. The number of rotatable bonds is 4. The number of carbonyl (C=O) groups is 1. The van der Waals surface area contributed by atoms with Gasteiger partial charge in [0.05, 0.1) is 6.54 Å². The first-order valence-corrected chi connectivity index (χ1v) is 6.15. The maximum atomic E-state index is 11.8. The third-order valence-corrected chi connectivity index (χ3v) is 3.45. The van der Waals surface area contributed by atoms with E-state index in [0.29, 0.717) is 6.54 Å². The Morgan fingerprint density at radius 3 is 3.00 bits per heavy atom. The molecule has 0 saturated heterocycles. The van der Waals surface area contributed by atoms with Crippen LogP contribution in [0.2, 0.25) is 0 Å². The van der Waals surface area contributed by atoms with Gasteiger partial charge in [0, 0.05) is 9.75 Å². The fraction of sp³-hybridized carbons (Fsp3) is 0.364. The van der Waals surface area contributed by atoms with Crippen LogP contribution in [0.15, 0.2) is 24.8 Å². The molecule has 2 aromatic heterocycles. The highest BCUT2D eigenvalue weighted by Gasteiger charge is 2.14. The van der Waals surface area contributed by atoms with Crippen molar-refractivity contribution in [1.29, 1.82) is 0 Å². The lowest BCUT2D eigenvalue weighted by Gasteiger charge is -2.11. The third-order valence-electron chi connectivity index (χ3n) is 2.45. The van der Waals surface area contributed by atoms with Crippen molar-refractivity contribution in [3.63, 3.8) is 0 Å². The monoisotopic (exact) mass is 250 g/mol. The van der Waals surface area contributed by atoms with E-state index in [1.54, 1.807) is 24.6 Å². The highest BCUT2D eigenvalue weighted by Crippen LogP contribution is 2.14. The summed E-state index contributed by atoms with van der Waals surface area (Å²) in [5.41, 5.74) is 0. The molecule has 1 atom stereocenters. The molecule has 0 aromatic carbocycles. The second kappa shape index (κ2) is 5.09. The van der Waals surface area contributed by atoms with E-state index in [-0.39, 0.29) is 11.9 Å². The van der Waals surface area contributed by atoms with Crippen molar-refractivity contribution in [3.8, 4) is 0 Å². The van der Waals surface area contributed by atoms with Gasteiger partial charge in [-0.3, -0.25) is 4.79 Å². The largest absolute Gasteiger partial charge is 0.349 e. The summed E-state index contributed by atoms with van der Waals surface area (Å²) in [6.45, 7) is 4.41. The zero-order valence-electron chi connectivity index (χ0n) is 9.75. The Bertz CT molecular complexity index is 491. The van der Waals surface area contributed by atoms with Gasteiger partial charge in [0.15, 0.2) is 0 Å². The summed E-state index contributed by atoms with van der Waals surface area (Å²) >= 11 is 1.69. The lowest BCUT2D eigenvalue weighted by molar-refractivity contribution is -0.124. The number of hydrogen-bond acceptors (Lipinski definition) is 4. The summed E-state index contributed by atoms with van der Waals surface area (Å²) in [5, 5.41) is 6.83. The molecule has 0 bridgehead atoms. The number of aromatic nitrogens is 3. The molecule has 2 aromatic rings. The topological polar surface area (TPSA) is 59.8 Å². The first kappa shape index (κ1) is 11.8. The van der Waals surface area contributed by atoms with Crippen LogP contribution in [0.1, 0.15) is 22.7 Å². The lowest BCUT2D eigenvalue weighted by Crippen LogP contribution is -2.30. The Balaban J connectivity index is 1.89. The van der Waals surface area contributed by atoms with Gasteiger partial charge in [-0.1, -0.05) is 0 Å². The number of thiophene rings is 1. The van der Waals surface area contributed by atoms with E-state index in [1.807, 2.05) is 19.1 Å². The molecule has 0 unspecified atom stereocenters. The molecule has 0 spiro atoms. The molecule has 6 heteroatoms. The maximum absolute atomic E-state index is 11.8. The van der Waals surface area contributed by atoms with E-state index < -0.39 is 0 Å². The average molecular weight is 250 g/mol. The van der Waals surface area contributed by atoms with Crippen LogP contribution in [0.3, 0.4) is 0 Å². The smallest absolute Gasteiger partial charge is 0.244 e. The van der Waals surface area contributed by atoms with E-state index in [1.165, 1.54) is 15.9 Å². The van der Waals surface area contributed by atoms with Gasteiger partial charge in [-0.15, -0.1) is 11.3 Å². The van der Waals surface area contributed by atoms with Crippen LogP contribution < -0.4 is 5.32 Å². The van der Waals surface area contributed by atoms with Crippen molar-refractivity contribution in [2.24, 2.45) is 0 Å². The van der Waals surface area contributed by atoms with Crippen molar-refractivity contribution < 1.29 is 4.79 Å². The normalized spacial score (nSPS) is 12.4. The summed E-state index contributed by atoms with van der Waals surface area (Å²) in [5.74, 6) is -0.0541. The molecule has 2 rings (SSSR count). The number of amides is 1. The number of nitrogens with one attached hydrogen (secondary N) is 1.